The quantitative estimate of drug-likeness (QED) is 0.588. The molecule has 0 heterocycles. The highest BCUT2D eigenvalue weighted by Gasteiger charge is 2.13. The van der Waals surface area contributed by atoms with Crippen LogP contribution >= 0.6 is 0 Å². The molecule has 0 bridgehead atoms. The topological polar surface area (TPSA) is 43.1 Å². The van der Waals surface area contributed by atoms with E-state index in [9.17, 15) is 4.79 Å². The van der Waals surface area contributed by atoms with Crippen molar-refractivity contribution in [1.29, 1.82) is 0 Å². The molecular weight excluding hydrogens is 198 g/mol. The van der Waals surface area contributed by atoms with E-state index in [1.165, 1.54) is 5.56 Å². The maximum Gasteiger partial charge on any atom is 0.179 e. The van der Waals surface area contributed by atoms with Gasteiger partial charge in [-0.15, -0.1) is 6.58 Å². The molecule has 2 N–H and O–H groups in total. The van der Waals surface area contributed by atoms with Crippen molar-refractivity contribution in [2.24, 2.45) is 5.73 Å². The summed E-state index contributed by atoms with van der Waals surface area (Å²) in [5.74, 6) is -0.0112. The van der Waals surface area contributed by atoms with Crippen molar-refractivity contribution in [2.45, 2.75) is 32.2 Å². The summed E-state index contributed by atoms with van der Waals surface area (Å²) in [7, 11) is 0. The normalized spacial score (nSPS) is 12.1. The van der Waals surface area contributed by atoms with Gasteiger partial charge in [0, 0.05) is 5.56 Å². The van der Waals surface area contributed by atoms with Crippen LogP contribution in [-0.4, -0.2) is 11.8 Å². The molecule has 1 unspecified atom stereocenters. The fraction of sp³-hybridized carbons (Fsp3) is 0.357. The van der Waals surface area contributed by atoms with E-state index in [0.717, 1.165) is 12.8 Å². The van der Waals surface area contributed by atoms with E-state index in [2.05, 4.69) is 13.5 Å². The zero-order valence-electron chi connectivity index (χ0n) is 9.78. The van der Waals surface area contributed by atoms with Crippen molar-refractivity contribution in [3.8, 4) is 0 Å². The number of ketones is 1. The third-order valence-corrected chi connectivity index (χ3v) is 2.53. The molecule has 0 saturated heterocycles. The summed E-state index contributed by atoms with van der Waals surface area (Å²) in [4.78, 5) is 11.8. The molecule has 2 nitrogen and oxygen atoms in total. The molecule has 0 aromatic heterocycles. The molecule has 0 spiro atoms. The fourth-order valence-electron chi connectivity index (χ4n) is 1.63. The molecule has 0 aliphatic rings. The highest BCUT2D eigenvalue weighted by Crippen LogP contribution is 2.09. The van der Waals surface area contributed by atoms with Crippen molar-refractivity contribution in [3.63, 3.8) is 0 Å². The van der Waals surface area contributed by atoms with Crippen molar-refractivity contribution in [1.82, 2.24) is 0 Å². The van der Waals surface area contributed by atoms with Gasteiger partial charge >= 0.3 is 0 Å². The SMILES string of the molecule is C=CCC(N)C(=O)c1ccc(CCC)cc1. The van der Waals surface area contributed by atoms with Crippen LogP contribution in [0.25, 0.3) is 0 Å². The van der Waals surface area contributed by atoms with Crippen LogP contribution in [0.5, 0.6) is 0 Å². The third-order valence-electron chi connectivity index (χ3n) is 2.53. The monoisotopic (exact) mass is 217 g/mol. The summed E-state index contributed by atoms with van der Waals surface area (Å²) < 4.78 is 0. The van der Waals surface area contributed by atoms with Gasteiger partial charge in [0.05, 0.1) is 6.04 Å². The smallest absolute Gasteiger partial charge is 0.179 e. The lowest BCUT2D eigenvalue weighted by Gasteiger charge is -2.08. The minimum atomic E-state index is -0.463. The van der Waals surface area contributed by atoms with E-state index >= 15 is 0 Å². The molecule has 1 rings (SSSR count). The fourth-order valence-corrected chi connectivity index (χ4v) is 1.63. The lowest BCUT2D eigenvalue weighted by atomic mass is 10.00. The Morgan fingerprint density at radius 3 is 2.56 bits per heavy atom. The standard InChI is InChI=1S/C14H19NO/c1-3-5-11-7-9-12(10-8-11)14(16)13(15)6-4-2/h4,7-10,13H,2-3,5-6,15H2,1H3. The molecule has 2 heteroatoms. The van der Waals surface area contributed by atoms with Crippen molar-refractivity contribution >= 4 is 5.78 Å². The Balaban J connectivity index is 2.73. The van der Waals surface area contributed by atoms with Crippen LogP contribution in [0, 0.1) is 0 Å². The number of hydrogen-bond acceptors (Lipinski definition) is 2. The number of aryl methyl sites for hydroxylation is 1. The second-order valence-electron chi connectivity index (χ2n) is 3.94. The largest absolute Gasteiger partial charge is 0.321 e. The van der Waals surface area contributed by atoms with Crippen LogP contribution in [0.15, 0.2) is 36.9 Å². The van der Waals surface area contributed by atoms with E-state index in [1.807, 2.05) is 24.3 Å². The summed E-state index contributed by atoms with van der Waals surface area (Å²) in [6, 6.07) is 7.25. The van der Waals surface area contributed by atoms with Gasteiger partial charge in [0.15, 0.2) is 5.78 Å². The highest BCUT2D eigenvalue weighted by molar-refractivity contribution is 6.00. The Morgan fingerprint density at radius 1 is 1.44 bits per heavy atom. The molecule has 1 atom stereocenters. The number of benzene rings is 1. The number of nitrogens with two attached hydrogens (primary N) is 1. The number of carbonyl (C=O) groups is 1. The number of Topliss-reactive ketones (excluding diaryl/α,β-unsaturated/α-hetero) is 1. The minimum Gasteiger partial charge on any atom is -0.321 e. The predicted molar refractivity (Wildman–Crippen MR) is 67.6 cm³/mol. The van der Waals surface area contributed by atoms with Gasteiger partial charge < -0.3 is 5.73 Å². The first kappa shape index (κ1) is 12.7. The van der Waals surface area contributed by atoms with Crippen molar-refractivity contribution in [3.05, 3.63) is 48.0 Å². The molecule has 1 aromatic rings. The van der Waals surface area contributed by atoms with Crippen LogP contribution in [-0.2, 0) is 6.42 Å². The first-order valence-corrected chi connectivity index (χ1v) is 5.68. The van der Waals surface area contributed by atoms with Gasteiger partial charge in [-0.3, -0.25) is 4.79 Å². The third kappa shape index (κ3) is 3.31. The van der Waals surface area contributed by atoms with Crippen molar-refractivity contribution < 1.29 is 4.79 Å². The van der Waals surface area contributed by atoms with Gasteiger partial charge in [-0.05, 0) is 18.4 Å². The molecule has 0 saturated carbocycles. The van der Waals surface area contributed by atoms with Crippen LogP contribution in [0.4, 0.5) is 0 Å². The average Bonchev–Trinajstić information content (AvgIpc) is 2.30. The number of carbonyl (C=O) groups excluding carboxylic acids is 1. The minimum absolute atomic E-state index is 0.0112. The van der Waals surface area contributed by atoms with Gasteiger partial charge in [0.1, 0.15) is 0 Å². The Kier molecular flexibility index (Phi) is 4.93. The summed E-state index contributed by atoms with van der Waals surface area (Å²) in [5, 5.41) is 0. The molecule has 16 heavy (non-hydrogen) atoms. The van der Waals surface area contributed by atoms with Gasteiger partial charge in [-0.2, -0.15) is 0 Å². The zero-order chi connectivity index (χ0) is 12.0. The highest BCUT2D eigenvalue weighted by atomic mass is 16.1. The van der Waals surface area contributed by atoms with Gasteiger partial charge in [-0.25, -0.2) is 0 Å². The Morgan fingerprint density at radius 2 is 2.06 bits per heavy atom. The number of hydrogen-bond donors (Lipinski definition) is 1. The van der Waals surface area contributed by atoms with E-state index in [1.54, 1.807) is 6.08 Å². The van der Waals surface area contributed by atoms with Crippen LogP contribution in [0.3, 0.4) is 0 Å². The summed E-state index contributed by atoms with van der Waals surface area (Å²) in [5.41, 5.74) is 7.69. The second-order valence-corrected chi connectivity index (χ2v) is 3.94. The first-order valence-electron chi connectivity index (χ1n) is 5.68. The van der Waals surface area contributed by atoms with Crippen LogP contribution in [0.2, 0.25) is 0 Å². The Bertz CT molecular complexity index is 354. The second kappa shape index (κ2) is 6.23. The molecule has 0 amide bonds. The Labute approximate surface area is 97.2 Å². The maximum atomic E-state index is 11.8. The van der Waals surface area contributed by atoms with E-state index in [0.29, 0.717) is 12.0 Å². The van der Waals surface area contributed by atoms with Crippen molar-refractivity contribution in [2.75, 3.05) is 0 Å². The van der Waals surface area contributed by atoms with E-state index < -0.39 is 6.04 Å². The Hall–Kier alpha value is -1.41. The zero-order valence-corrected chi connectivity index (χ0v) is 9.78. The summed E-state index contributed by atoms with van der Waals surface area (Å²) in [6.07, 6.45) is 4.36. The van der Waals surface area contributed by atoms with Gasteiger partial charge in [0.25, 0.3) is 0 Å². The molecular formula is C14H19NO. The molecule has 0 aliphatic carbocycles. The van der Waals surface area contributed by atoms with E-state index in [4.69, 9.17) is 5.73 Å². The lowest BCUT2D eigenvalue weighted by Crippen LogP contribution is -2.29. The predicted octanol–water partition coefficient (Wildman–Crippen LogP) is 2.73. The molecule has 0 fully saturated rings. The molecule has 0 aliphatic heterocycles. The number of rotatable bonds is 6. The maximum absolute atomic E-state index is 11.8. The summed E-state index contributed by atoms with van der Waals surface area (Å²) >= 11 is 0. The first-order chi connectivity index (χ1) is 7.69. The molecule has 1 aromatic carbocycles. The van der Waals surface area contributed by atoms with Crippen LogP contribution in [0.1, 0.15) is 35.7 Å². The van der Waals surface area contributed by atoms with Crippen LogP contribution < -0.4 is 5.73 Å². The lowest BCUT2D eigenvalue weighted by molar-refractivity contribution is 0.0962. The van der Waals surface area contributed by atoms with Gasteiger partial charge in [-0.1, -0.05) is 43.7 Å². The molecule has 86 valence electrons. The van der Waals surface area contributed by atoms with Gasteiger partial charge in [0.2, 0.25) is 0 Å². The molecule has 0 radical (unpaired) electrons. The summed E-state index contributed by atoms with van der Waals surface area (Å²) in [6.45, 7) is 5.72. The van der Waals surface area contributed by atoms with E-state index in [-0.39, 0.29) is 5.78 Å². The average molecular weight is 217 g/mol.